The van der Waals surface area contributed by atoms with Gasteiger partial charge in [-0.15, -0.1) is 11.3 Å². The van der Waals surface area contributed by atoms with Gasteiger partial charge in [0, 0.05) is 29.9 Å². The van der Waals surface area contributed by atoms with Crippen LogP contribution in [0.4, 0.5) is 5.13 Å². The Morgan fingerprint density at radius 2 is 1.75 bits per heavy atom. The third-order valence-corrected chi connectivity index (χ3v) is 9.77. The summed E-state index contributed by atoms with van der Waals surface area (Å²) in [6.07, 6.45) is 4.17. The summed E-state index contributed by atoms with van der Waals surface area (Å²) in [7, 11) is -3.49. The highest BCUT2D eigenvalue weighted by molar-refractivity contribution is 7.92. The van der Waals surface area contributed by atoms with Crippen LogP contribution in [0, 0.1) is 0 Å². The van der Waals surface area contributed by atoms with E-state index in [1.165, 1.54) is 23.3 Å². The molecule has 0 unspecified atom stereocenters. The number of aromatic nitrogens is 1. The zero-order chi connectivity index (χ0) is 22.7. The molecule has 0 radical (unpaired) electrons. The summed E-state index contributed by atoms with van der Waals surface area (Å²) in [6, 6.07) is 13.3. The van der Waals surface area contributed by atoms with Crippen LogP contribution in [0.25, 0.3) is 0 Å². The van der Waals surface area contributed by atoms with Crippen molar-refractivity contribution >= 4 is 49.5 Å². The number of halogens is 2. The second-order valence-corrected chi connectivity index (χ2v) is 12.0. The van der Waals surface area contributed by atoms with Crippen LogP contribution < -0.4 is 4.90 Å². The molecule has 0 saturated carbocycles. The van der Waals surface area contributed by atoms with Gasteiger partial charge >= 0.3 is 0 Å². The Balaban J connectivity index is 1.38. The highest BCUT2D eigenvalue weighted by atomic mass is 35.5. The smallest absolute Gasteiger partial charge is 0.185 e. The molecule has 32 heavy (non-hydrogen) atoms. The predicted octanol–water partition coefficient (Wildman–Crippen LogP) is 6.44. The van der Waals surface area contributed by atoms with Crippen LogP contribution in [0.3, 0.4) is 0 Å². The molecule has 0 amide bonds. The van der Waals surface area contributed by atoms with Gasteiger partial charge in [-0.3, -0.25) is 0 Å². The number of benzene rings is 2. The Morgan fingerprint density at radius 1 is 1.06 bits per heavy atom. The summed E-state index contributed by atoms with van der Waals surface area (Å²) in [5, 5.41) is 3.24. The summed E-state index contributed by atoms with van der Waals surface area (Å²) in [5.41, 5.74) is 3.68. The SMILES string of the molecule is CCCc1ccc(Cc2csc(N3CCC(S(=O)(=O)c4ccc(Cl)cc4Cl)CC3)n2)cc1. The number of aryl methyl sites for hydroxylation is 1. The summed E-state index contributed by atoms with van der Waals surface area (Å²) >= 11 is 13.7. The Kier molecular flexibility index (Phi) is 7.45. The Morgan fingerprint density at radius 3 is 2.41 bits per heavy atom. The first-order valence-electron chi connectivity index (χ1n) is 10.8. The van der Waals surface area contributed by atoms with Gasteiger partial charge in [-0.25, -0.2) is 13.4 Å². The van der Waals surface area contributed by atoms with Crippen molar-refractivity contribution in [2.75, 3.05) is 18.0 Å². The van der Waals surface area contributed by atoms with Gasteiger partial charge in [0.05, 0.1) is 20.9 Å². The van der Waals surface area contributed by atoms with Crippen molar-refractivity contribution in [1.29, 1.82) is 0 Å². The van der Waals surface area contributed by atoms with Gasteiger partial charge in [0.2, 0.25) is 0 Å². The Labute approximate surface area is 204 Å². The molecule has 0 atom stereocenters. The average Bonchev–Trinajstić information content (AvgIpc) is 3.24. The van der Waals surface area contributed by atoms with Crippen molar-refractivity contribution in [2.24, 2.45) is 0 Å². The maximum Gasteiger partial charge on any atom is 0.185 e. The van der Waals surface area contributed by atoms with Gasteiger partial charge in [-0.1, -0.05) is 60.8 Å². The normalized spacial score (nSPS) is 15.3. The molecule has 4 nitrogen and oxygen atoms in total. The molecular formula is C24H26Cl2N2O2S2. The fraction of sp³-hybridized carbons (Fsp3) is 0.375. The number of thiazole rings is 1. The zero-order valence-corrected chi connectivity index (χ0v) is 21.1. The number of hydrogen-bond acceptors (Lipinski definition) is 5. The van der Waals surface area contributed by atoms with Crippen molar-refractivity contribution in [3.63, 3.8) is 0 Å². The molecule has 0 aliphatic carbocycles. The van der Waals surface area contributed by atoms with Crippen LogP contribution in [0.2, 0.25) is 10.0 Å². The molecule has 2 aromatic carbocycles. The maximum absolute atomic E-state index is 13.1. The molecule has 170 valence electrons. The summed E-state index contributed by atoms with van der Waals surface area (Å²) in [4.78, 5) is 7.17. The van der Waals surface area contributed by atoms with Gasteiger partial charge in [0.15, 0.2) is 15.0 Å². The fourth-order valence-corrected chi connectivity index (χ4v) is 7.48. The second kappa shape index (κ2) is 10.1. The van der Waals surface area contributed by atoms with Crippen LogP contribution in [-0.2, 0) is 22.7 Å². The van der Waals surface area contributed by atoms with Crippen molar-refractivity contribution in [1.82, 2.24) is 4.98 Å². The number of rotatable bonds is 7. The maximum atomic E-state index is 13.1. The van der Waals surface area contributed by atoms with E-state index in [0.717, 1.165) is 30.1 Å². The molecule has 8 heteroatoms. The van der Waals surface area contributed by atoms with Crippen molar-refractivity contribution in [3.05, 3.63) is 74.7 Å². The summed E-state index contributed by atoms with van der Waals surface area (Å²) in [5.74, 6) is 0. The van der Waals surface area contributed by atoms with Crippen molar-refractivity contribution in [3.8, 4) is 0 Å². The molecule has 0 bridgehead atoms. The molecule has 0 spiro atoms. The first kappa shape index (κ1) is 23.6. The number of hydrogen-bond donors (Lipinski definition) is 0. The van der Waals surface area contributed by atoms with E-state index in [4.69, 9.17) is 28.2 Å². The van der Waals surface area contributed by atoms with E-state index in [2.05, 4.69) is 41.5 Å². The van der Waals surface area contributed by atoms with E-state index < -0.39 is 15.1 Å². The second-order valence-electron chi connectivity index (χ2n) is 8.17. The number of piperidine rings is 1. The van der Waals surface area contributed by atoms with E-state index in [9.17, 15) is 8.42 Å². The predicted molar refractivity (Wildman–Crippen MR) is 134 cm³/mol. The lowest BCUT2D eigenvalue weighted by molar-refractivity contribution is 0.529. The van der Waals surface area contributed by atoms with Crippen LogP contribution >= 0.6 is 34.5 Å². The van der Waals surface area contributed by atoms with Gasteiger partial charge < -0.3 is 4.90 Å². The lowest BCUT2D eigenvalue weighted by Gasteiger charge is -2.31. The monoisotopic (exact) mass is 508 g/mol. The van der Waals surface area contributed by atoms with Gasteiger partial charge in [0.25, 0.3) is 0 Å². The number of nitrogens with zero attached hydrogens (tertiary/aromatic N) is 2. The Hall–Kier alpha value is -1.60. The number of sulfone groups is 1. The van der Waals surface area contributed by atoms with Crippen molar-refractivity contribution in [2.45, 2.75) is 49.2 Å². The van der Waals surface area contributed by atoms with Crippen molar-refractivity contribution < 1.29 is 8.42 Å². The summed E-state index contributed by atoms with van der Waals surface area (Å²) in [6.45, 7) is 3.51. The first-order chi connectivity index (χ1) is 15.4. The lowest BCUT2D eigenvalue weighted by atomic mass is 10.1. The van der Waals surface area contributed by atoms with E-state index in [-0.39, 0.29) is 9.92 Å². The highest BCUT2D eigenvalue weighted by Gasteiger charge is 2.33. The summed E-state index contributed by atoms with van der Waals surface area (Å²) < 4.78 is 26.2. The molecule has 1 aliphatic heterocycles. The molecule has 1 aromatic heterocycles. The van der Waals surface area contributed by atoms with Gasteiger partial charge in [-0.05, 0) is 48.6 Å². The third kappa shape index (κ3) is 5.30. The molecule has 1 fully saturated rings. The minimum absolute atomic E-state index is 0.170. The molecule has 2 heterocycles. The Bertz CT molecular complexity index is 1170. The minimum atomic E-state index is -3.49. The van der Waals surface area contributed by atoms with Crippen LogP contribution in [0.15, 0.2) is 52.7 Å². The van der Waals surface area contributed by atoms with Gasteiger partial charge in [-0.2, -0.15) is 0 Å². The molecule has 3 aromatic rings. The standard InChI is InChI=1S/C24H26Cl2N2O2S2/c1-2-3-17-4-6-18(7-5-17)14-20-16-31-24(27-20)28-12-10-21(11-13-28)32(29,30)23-9-8-19(25)15-22(23)26/h4-9,15-16,21H,2-3,10-14H2,1H3. The van der Waals surface area contributed by atoms with E-state index in [0.29, 0.717) is 31.0 Å². The molecular weight excluding hydrogens is 483 g/mol. The van der Waals surface area contributed by atoms with E-state index >= 15 is 0 Å². The highest BCUT2D eigenvalue weighted by Crippen LogP contribution is 2.33. The van der Waals surface area contributed by atoms with E-state index in [1.807, 2.05) is 0 Å². The quantitative estimate of drug-likeness (QED) is 0.368. The van der Waals surface area contributed by atoms with Crippen LogP contribution in [0.5, 0.6) is 0 Å². The average molecular weight is 510 g/mol. The van der Waals surface area contributed by atoms with E-state index in [1.54, 1.807) is 17.4 Å². The molecule has 0 N–H and O–H groups in total. The number of anilines is 1. The molecule has 1 saturated heterocycles. The zero-order valence-electron chi connectivity index (χ0n) is 17.9. The minimum Gasteiger partial charge on any atom is -0.348 e. The molecule has 4 rings (SSSR count). The first-order valence-corrected chi connectivity index (χ1v) is 14.0. The van der Waals surface area contributed by atoms with Crippen LogP contribution in [0.1, 0.15) is 43.0 Å². The topological polar surface area (TPSA) is 50.3 Å². The third-order valence-electron chi connectivity index (χ3n) is 5.84. The van der Waals surface area contributed by atoms with Crippen LogP contribution in [-0.4, -0.2) is 31.7 Å². The molecule has 1 aliphatic rings. The largest absolute Gasteiger partial charge is 0.348 e. The lowest BCUT2D eigenvalue weighted by Crippen LogP contribution is -2.39. The fourth-order valence-electron chi connectivity index (χ4n) is 4.09. The van der Waals surface area contributed by atoms with Gasteiger partial charge in [0.1, 0.15) is 0 Å².